The number of carboxylic acid groups (broad SMARTS) is 1. The summed E-state index contributed by atoms with van der Waals surface area (Å²) in [4.78, 5) is 24.8. The van der Waals surface area contributed by atoms with E-state index in [0.717, 1.165) is 12.8 Å². The van der Waals surface area contributed by atoms with Crippen molar-refractivity contribution in [3.8, 4) is 0 Å². The largest absolute Gasteiger partial charge is 0.480 e. The summed E-state index contributed by atoms with van der Waals surface area (Å²) in [5.41, 5.74) is 0. The van der Waals surface area contributed by atoms with E-state index >= 15 is 0 Å². The third-order valence-corrected chi connectivity index (χ3v) is 3.92. The number of hydrogen-bond donors (Lipinski definition) is 3. The molecule has 0 bridgehead atoms. The fourth-order valence-corrected chi connectivity index (χ4v) is 2.23. The molecular weight excluding hydrogens is 248 g/mol. The number of aliphatic hydroxyl groups is 1. The smallest absolute Gasteiger partial charge is 0.326 e. The number of carboxylic acids is 1. The number of hydrogen-bond acceptors (Lipinski definition) is 3. The van der Waals surface area contributed by atoms with Crippen LogP contribution in [0.4, 0.5) is 4.79 Å². The lowest BCUT2D eigenvalue weighted by molar-refractivity contribution is -0.140. The topological polar surface area (TPSA) is 89.9 Å². The maximum Gasteiger partial charge on any atom is 0.326 e. The highest BCUT2D eigenvalue weighted by Gasteiger charge is 2.29. The second kappa shape index (κ2) is 7.33. The Kier molecular flexibility index (Phi) is 6.08. The molecule has 0 aromatic rings. The molecule has 6 heteroatoms. The molecule has 0 radical (unpaired) electrons. The van der Waals surface area contributed by atoms with Crippen molar-refractivity contribution in [1.29, 1.82) is 0 Å². The Balaban J connectivity index is 2.51. The fraction of sp³-hybridized carbons (Fsp3) is 0.846. The summed E-state index contributed by atoms with van der Waals surface area (Å²) in [6.07, 6.45) is 2.24. The van der Waals surface area contributed by atoms with E-state index in [2.05, 4.69) is 5.32 Å². The standard InChI is InChI=1S/C13H24N2O4/c1-3-9(2)11(12(17)18)14-13(19)15-6-4-10(8-16)5-7-15/h9-11,16H,3-8H2,1-2H3,(H,14,19)(H,17,18)/t9-,11-/m0/s1. The van der Waals surface area contributed by atoms with Gasteiger partial charge in [-0.25, -0.2) is 9.59 Å². The second-order valence-corrected chi connectivity index (χ2v) is 5.26. The quantitative estimate of drug-likeness (QED) is 0.693. The Morgan fingerprint density at radius 1 is 1.37 bits per heavy atom. The number of likely N-dealkylation sites (tertiary alicyclic amines) is 1. The Morgan fingerprint density at radius 3 is 2.37 bits per heavy atom. The molecular formula is C13H24N2O4. The highest BCUT2D eigenvalue weighted by Crippen LogP contribution is 2.17. The van der Waals surface area contributed by atoms with E-state index in [-0.39, 0.29) is 24.5 Å². The predicted molar refractivity (Wildman–Crippen MR) is 70.8 cm³/mol. The molecule has 0 spiro atoms. The second-order valence-electron chi connectivity index (χ2n) is 5.26. The van der Waals surface area contributed by atoms with E-state index in [1.54, 1.807) is 4.90 Å². The van der Waals surface area contributed by atoms with E-state index < -0.39 is 12.0 Å². The van der Waals surface area contributed by atoms with Gasteiger partial charge < -0.3 is 20.4 Å². The van der Waals surface area contributed by atoms with Crippen molar-refractivity contribution in [3.05, 3.63) is 0 Å². The van der Waals surface area contributed by atoms with Gasteiger partial charge in [0, 0.05) is 19.7 Å². The maximum absolute atomic E-state index is 12.0. The molecule has 1 rings (SSSR count). The van der Waals surface area contributed by atoms with Crippen molar-refractivity contribution >= 4 is 12.0 Å². The van der Waals surface area contributed by atoms with E-state index in [4.69, 9.17) is 10.2 Å². The highest BCUT2D eigenvalue weighted by atomic mass is 16.4. The first kappa shape index (κ1) is 15.8. The van der Waals surface area contributed by atoms with Crippen molar-refractivity contribution in [2.45, 2.75) is 39.2 Å². The lowest BCUT2D eigenvalue weighted by Crippen LogP contribution is -2.52. The number of urea groups is 1. The van der Waals surface area contributed by atoms with Crippen LogP contribution in [0.25, 0.3) is 0 Å². The molecule has 6 nitrogen and oxygen atoms in total. The molecule has 1 fully saturated rings. The van der Waals surface area contributed by atoms with Gasteiger partial charge in [-0.2, -0.15) is 0 Å². The van der Waals surface area contributed by atoms with E-state index in [1.807, 2.05) is 13.8 Å². The average molecular weight is 272 g/mol. The van der Waals surface area contributed by atoms with Crippen LogP contribution in [0.5, 0.6) is 0 Å². The summed E-state index contributed by atoms with van der Waals surface area (Å²) in [7, 11) is 0. The molecule has 1 heterocycles. The zero-order chi connectivity index (χ0) is 14.4. The lowest BCUT2D eigenvalue weighted by atomic mass is 9.97. The minimum atomic E-state index is -0.993. The van der Waals surface area contributed by atoms with Gasteiger partial charge in [0.1, 0.15) is 6.04 Å². The van der Waals surface area contributed by atoms with Gasteiger partial charge in [0.25, 0.3) is 0 Å². The molecule has 2 atom stereocenters. The Labute approximate surface area is 113 Å². The van der Waals surface area contributed by atoms with Crippen LogP contribution in [0.15, 0.2) is 0 Å². The van der Waals surface area contributed by atoms with Crippen LogP contribution in [-0.2, 0) is 4.79 Å². The molecule has 0 aliphatic carbocycles. The molecule has 0 aromatic carbocycles. The van der Waals surface area contributed by atoms with Crippen LogP contribution < -0.4 is 5.32 Å². The lowest BCUT2D eigenvalue weighted by Gasteiger charge is -2.32. The van der Waals surface area contributed by atoms with Gasteiger partial charge in [-0.3, -0.25) is 0 Å². The number of aliphatic hydroxyl groups excluding tert-OH is 1. The number of aliphatic carboxylic acids is 1. The molecule has 0 unspecified atom stereocenters. The van der Waals surface area contributed by atoms with Crippen LogP contribution in [0.1, 0.15) is 33.1 Å². The number of nitrogens with zero attached hydrogens (tertiary/aromatic N) is 1. The van der Waals surface area contributed by atoms with Crippen LogP contribution in [0, 0.1) is 11.8 Å². The fourth-order valence-electron chi connectivity index (χ4n) is 2.23. The number of carbonyl (C=O) groups is 2. The molecule has 1 aliphatic rings. The third-order valence-electron chi connectivity index (χ3n) is 3.92. The Bertz CT molecular complexity index is 314. The minimum Gasteiger partial charge on any atom is -0.480 e. The summed E-state index contributed by atoms with van der Waals surface area (Å²) < 4.78 is 0. The molecule has 0 aromatic heterocycles. The molecule has 1 saturated heterocycles. The zero-order valence-electron chi connectivity index (χ0n) is 11.6. The van der Waals surface area contributed by atoms with E-state index in [1.165, 1.54) is 0 Å². The Morgan fingerprint density at radius 2 is 1.95 bits per heavy atom. The SMILES string of the molecule is CC[C@H](C)[C@H](NC(=O)N1CCC(CO)CC1)C(=O)O. The number of carbonyl (C=O) groups excluding carboxylic acids is 1. The van der Waals surface area contributed by atoms with Crippen molar-refractivity contribution in [2.75, 3.05) is 19.7 Å². The van der Waals surface area contributed by atoms with E-state index in [9.17, 15) is 9.59 Å². The Hall–Kier alpha value is -1.30. The van der Waals surface area contributed by atoms with Crippen molar-refractivity contribution in [1.82, 2.24) is 10.2 Å². The zero-order valence-corrected chi connectivity index (χ0v) is 11.6. The van der Waals surface area contributed by atoms with Gasteiger partial charge >= 0.3 is 12.0 Å². The molecule has 2 amide bonds. The van der Waals surface area contributed by atoms with Crippen LogP contribution in [-0.4, -0.2) is 52.9 Å². The van der Waals surface area contributed by atoms with Gasteiger partial charge in [0.05, 0.1) is 0 Å². The first-order valence-electron chi connectivity index (χ1n) is 6.88. The van der Waals surface area contributed by atoms with Gasteiger partial charge in [0.15, 0.2) is 0 Å². The average Bonchev–Trinajstić information content (AvgIpc) is 2.43. The summed E-state index contributed by atoms with van der Waals surface area (Å²) in [5.74, 6) is -0.835. The normalized spacial score (nSPS) is 19.8. The number of rotatable bonds is 5. The van der Waals surface area contributed by atoms with Crippen LogP contribution in [0.2, 0.25) is 0 Å². The monoisotopic (exact) mass is 272 g/mol. The van der Waals surface area contributed by atoms with Gasteiger partial charge in [-0.05, 0) is 24.7 Å². The summed E-state index contributed by atoms with van der Waals surface area (Å²) in [6.45, 7) is 5.02. The molecule has 19 heavy (non-hydrogen) atoms. The number of piperidine rings is 1. The number of amides is 2. The van der Waals surface area contributed by atoms with E-state index in [0.29, 0.717) is 19.5 Å². The molecule has 1 aliphatic heterocycles. The highest BCUT2D eigenvalue weighted by molar-refractivity contribution is 5.82. The van der Waals surface area contributed by atoms with Crippen molar-refractivity contribution in [3.63, 3.8) is 0 Å². The summed E-state index contributed by atoms with van der Waals surface area (Å²) in [5, 5.41) is 20.8. The number of nitrogens with one attached hydrogen (secondary N) is 1. The molecule has 3 N–H and O–H groups in total. The van der Waals surface area contributed by atoms with Gasteiger partial charge in [-0.15, -0.1) is 0 Å². The maximum atomic E-state index is 12.0. The molecule has 0 saturated carbocycles. The minimum absolute atomic E-state index is 0.101. The third kappa shape index (κ3) is 4.38. The van der Waals surface area contributed by atoms with Gasteiger partial charge in [0.2, 0.25) is 0 Å². The van der Waals surface area contributed by atoms with Crippen LogP contribution in [0.3, 0.4) is 0 Å². The summed E-state index contributed by atoms with van der Waals surface area (Å²) in [6, 6.07) is -1.16. The first-order valence-corrected chi connectivity index (χ1v) is 6.88. The van der Waals surface area contributed by atoms with Crippen molar-refractivity contribution in [2.24, 2.45) is 11.8 Å². The first-order chi connectivity index (χ1) is 8.99. The van der Waals surface area contributed by atoms with Crippen molar-refractivity contribution < 1.29 is 19.8 Å². The molecule has 110 valence electrons. The predicted octanol–water partition coefficient (Wildman–Crippen LogP) is 0.900. The van der Waals surface area contributed by atoms with Crippen LogP contribution >= 0.6 is 0 Å². The van der Waals surface area contributed by atoms with Gasteiger partial charge in [-0.1, -0.05) is 20.3 Å². The summed E-state index contributed by atoms with van der Waals surface area (Å²) >= 11 is 0.